The molecule has 1 aromatic heterocycles. The first kappa shape index (κ1) is 23.6. The van der Waals surface area contributed by atoms with E-state index in [0.717, 1.165) is 23.4 Å². The maximum atomic E-state index is 12.9. The summed E-state index contributed by atoms with van der Waals surface area (Å²) in [7, 11) is 0. The largest absolute Gasteiger partial charge is 0.481 e. The lowest BCUT2D eigenvalue weighted by Crippen LogP contribution is -2.37. The van der Waals surface area contributed by atoms with Gasteiger partial charge in [-0.3, -0.25) is 9.59 Å². The van der Waals surface area contributed by atoms with Gasteiger partial charge in [-0.2, -0.15) is 0 Å². The van der Waals surface area contributed by atoms with Gasteiger partial charge >= 0.3 is 5.97 Å². The summed E-state index contributed by atoms with van der Waals surface area (Å²) in [5.41, 5.74) is 2.26. The number of carboxylic acid groups (broad SMARTS) is 1. The molecule has 2 heterocycles. The molecule has 0 unspecified atom stereocenters. The van der Waals surface area contributed by atoms with Crippen LogP contribution >= 0.6 is 11.6 Å². The number of halogens is 1. The number of rotatable bonds is 7. The molecule has 4 rings (SSSR count). The second kappa shape index (κ2) is 11.0. The Kier molecular flexibility index (Phi) is 7.86. The Morgan fingerprint density at radius 3 is 2.58 bits per heavy atom. The maximum absolute atomic E-state index is 12.9. The van der Waals surface area contributed by atoms with E-state index in [2.05, 4.69) is 15.2 Å². The SMILES string of the molecule is O=C(NCCC1CCCCC1)c1cc(-c2cccnc2N2CCC(C(=O)O)CC2)ccc1Cl. The number of carbonyl (C=O) groups excluding carboxylic acids is 1. The first-order chi connectivity index (χ1) is 16.0. The lowest BCUT2D eigenvalue weighted by molar-refractivity contribution is -0.142. The van der Waals surface area contributed by atoms with Crippen LogP contribution in [0.4, 0.5) is 5.82 Å². The van der Waals surface area contributed by atoms with Gasteiger partial charge in [0.15, 0.2) is 0 Å². The van der Waals surface area contributed by atoms with Crippen LogP contribution in [0.15, 0.2) is 36.5 Å². The number of carbonyl (C=O) groups is 2. The van der Waals surface area contributed by atoms with Crippen LogP contribution in [0.3, 0.4) is 0 Å². The highest BCUT2D eigenvalue weighted by atomic mass is 35.5. The minimum atomic E-state index is -0.729. The number of nitrogens with zero attached hydrogens (tertiary/aromatic N) is 2. The number of aliphatic carboxylic acids is 1. The number of anilines is 1. The second-order valence-electron chi connectivity index (χ2n) is 9.22. The van der Waals surface area contributed by atoms with Crippen LogP contribution in [0.1, 0.15) is 61.7 Å². The van der Waals surface area contributed by atoms with Crippen LogP contribution in [0.5, 0.6) is 0 Å². The zero-order valence-corrected chi connectivity index (χ0v) is 19.7. The molecular formula is C26H32ClN3O3. The molecule has 2 aliphatic rings. The van der Waals surface area contributed by atoms with Gasteiger partial charge in [-0.1, -0.05) is 49.8 Å². The third kappa shape index (κ3) is 5.85. The number of piperidine rings is 1. The molecule has 176 valence electrons. The number of nitrogens with one attached hydrogen (secondary N) is 1. The van der Waals surface area contributed by atoms with E-state index < -0.39 is 5.97 Å². The Labute approximate surface area is 200 Å². The molecule has 2 aromatic rings. The molecule has 1 saturated carbocycles. The van der Waals surface area contributed by atoms with E-state index in [1.54, 1.807) is 12.3 Å². The summed E-state index contributed by atoms with van der Waals surface area (Å²) in [5.74, 6) is 0.349. The molecule has 7 heteroatoms. The van der Waals surface area contributed by atoms with E-state index in [0.29, 0.717) is 49.0 Å². The van der Waals surface area contributed by atoms with Crippen molar-refractivity contribution < 1.29 is 14.7 Å². The number of amides is 1. The van der Waals surface area contributed by atoms with Gasteiger partial charge in [0.05, 0.1) is 16.5 Å². The summed E-state index contributed by atoms with van der Waals surface area (Å²) in [6.45, 7) is 1.95. The van der Waals surface area contributed by atoms with Gasteiger partial charge in [-0.05, 0) is 55.0 Å². The average molecular weight is 470 g/mol. The third-order valence-electron chi connectivity index (χ3n) is 7.02. The van der Waals surface area contributed by atoms with Gasteiger partial charge < -0.3 is 15.3 Å². The lowest BCUT2D eigenvalue weighted by atomic mass is 9.87. The molecular weight excluding hydrogens is 438 g/mol. The molecule has 1 aliphatic carbocycles. The minimum absolute atomic E-state index is 0.148. The van der Waals surface area contributed by atoms with Crippen molar-refractivity contribution in [2.24, 2.45) is 11.8 Å². The number of pyridine rings is 1. The summed E-state index contributed by atoms with van der Waals surface area (Å²) >= 11 is 6.40. The number of aromatic nitrogens is 1. The van der Waals surface area contributed by atoms with Crippen molar-refractivity contribution in [1.82, 2.24) is 10.3 Å². The molecule has 33 heavy (non-hydrogen) atoms. The smallest absolute Gasteiger partial charge is 0.306 e. The van der Waals surface area contributed by atoms with E-state index in [1.165, 1.54) is 32.1 Å². The topological polar surface area (TPSA) is 82.5 Å². The highest BCUT2D eigenvalue weighted by Crippen LogP contribution is 2.33. The number of carboxylic acids is 1. The van der Waals surface area contributed by atoms with Gasteiger partial charge in [0, 0.05) is 31.4 Å². The summed E-state index contributed by atoms with van der Waals surface area (Å²) < 4.78 is 0. The molecule has 1 aromatic carbocycles. The van der Waals surface area contributed by atoms with Crippen molar-refractivity contribution >= 4 is 29.3 Å². The zero-order chi connectivity index (χ0) is 23.2. The first-order valence-corrected chi connectivity index (χ1v) is 12.4. The maximum Gasteiger partial charge on any atom is 0.306 e. The fourth-order valence-electron chi connectivity index (χ4n) is 5.04. The Hall–Kier alpha value is -2.60. The molecule has 1 saturated heterocycles. The number of hydrogen-bond donors (Lipinski definition) is 2. The van der Waals surface area contributed by atoms with Crippen LogP contribution < -0.4 is 10.2 Å². The van der Waals surface area contributed by atoms with E-state index in [9.17, 15) is 14.7 Å². The van der Waals surface area contributed by atoms with Crippen molar-refractivity contribution in [1.29, 1.82) is 0 Å². The minimum Gasteiger partial charge on any atom is -0.481 e. The van der Waals surface area contributed by atoms with Crippen molar-refractivity contribution in [3.63, 3.8) is 0 Å². The Morgan fingerprint density at radius 1 is 1.09 bits per heavy atom. The van der Waals surface area contributed by atoms with E-state index in [4.69, 9.17) is 11.6 Å². The highest BCUT2D eigenvalue weighted by molar-refractivity contribution is 6.34. The fraction of sp³-hybridized carbons (Fsp3) is 0.500. The van der Waals surface area contributed by atoms with Crippen LogP contribution in [0.2, 0.25) is 5.02 Å². The molecule has 0 atom stereocenters. The van der Waals surface area contributed by atoms with Crippen LogP contribution in [0, 0.1) is 11.8 Å². The van der Waals surface area contributed by atoms with Gasteiger partial charge in [0.25, 0.3) is 5.91 Å². The first-order valence-electron chi connectivity index (χ1n) is 12.0. The van der Waals surface area contributed by atoms with Crippen molar-refractivity contribution in [2.75, 3.05) is 24.5 Å². The number of benzene rings is 1. The van der Waals surface area contributed by atoms with Crippen LogP contribution in [-0.4, -0.2) is 41.6 Å². The van der Waals surface area contributed by atoms with Gasteiger partial charge in [0.1, 0.15) is 5.82 Å². The predicted octanol–water partition coefficient (Wildman–Crippen LogP) is 5.40. The van der Waals surface area contributed by atoms with Gasteiger partial charge in [-0.15, -0.1) is 0 Å². The van der Waals surface area contributed by atoms with E-state index in [-0.39, 0.29) is 11.8 Å². The molecule has 6 nitrogen and oxygen atoms in total. The fourth-order valence-corrected chi connectivity index (χ4v) is 5.24. The van der Waals surface area contributed by atoms with Crippen molar-refractivity contribution in [3.05, 3.63) is 47.1 Å². The average Bonchev–Trinajstić information content (AvgIpc) is 2.85. The van der Waals surface area contributed by atoms with Gasteiger partial charge in [0.2, 0.25) is 0 Å². The molecule has 0 spiro atoms. The van der Waals surface area contributed by atoms with Crippen molar-refractivity contribution in [3.8, 4) is 11.1 Å². The van der Waals surface area contributed by atoms with Crippen LogP contribution in [0.25, 0.3) is 11.1 Å². The predicted molar refractivity (Wildman–Crippen MR) is 131 cm³/mol. The Bertz CT molecular complexity index is 982. The second-order valence-corrected chi connectivity index (χ2v) is 9.62. The number of hydrogen-bond acceptors (Lipinski definition) is 4. The zero-order valence-electron chi connectivity index (χ0n) is 18.9. The Morgan fingerprint density at radius 2 is 1.85 bits per heavy atom. The molecule has 0 radical (unpaired) electrons. The molecule has 1 amide bonds. The standard InChI is InChI=1S/C26H32ClN3O3/c27-23-9-8-20(17-22(23)25(31)29-14-10-18-5-2-1-3-6-18)21-7-4-13-28-24(21)30-15-11-19(12-16-30)26(32)33/h4,7-9,13,17-19H,1-3,5-6,10-12,14-16H2,(H,29,31)(H,32,33). The lowest BCUT2D eigenvalue weighted by Gasteiger charge is -2.32. The van der Waals surface area contributed by atoms with Crippen LogP contribution in [-0.2, 0) is 4.79 Å². The summed E-state index contributed by atoms with van der Waals surface area (Å²) in [4.78, 5) is 30.9. The molecule has 2 fully saturated rings. The Balaban J connectivity index is 1.47. The van der Waals surface area contributed by atoms with E-state index in [1.807, 2.05) is 24.3 Å². The highest BCUT2D eigenvalue weighted by Gasteiger charge is 2.26. The monoisotopic (exact) mass is 469 g/mol. The molecule has 0 bridgehead atoms. The molecule has 1 aliphatic heterocycles. The quantitative estimate of drug-likeness (QED) is 0.567. The van der Waals surface area contributed by atoms with E-state index >= 15 is 0 Å². The summed E-state index contributed by atoms with van der Waals surface area (Å²) in [5, 5.41) is 12.8. The molecule has 2 N–H and O–H groups in total. The normalized spacial score (nSPS) is 17.7. The summed E-state index contributed by atoms with van der Waals surface area (Å²) in [6.07, 6.45) is 10.4. The van der Waals surface area contributed by atoms with Crippen molar-refractivity contribution in [2.45, 2.75) is 51.4 Å². The van der Waals surface area contributed by atoms with Gasteiger partial charge in [-0.25, -0.2) is 4.98 Å². The third-order valence-corrected chi connectivity index (χ3v) is 7.34. The summed E-state index contributed by atoms with van der Waals surface area (Å²) in [6, 6.07) is 9.37.